The molecule has 1 aromatic rings. The van der Waals surface area contributed by atoms with Crippen molar-refractivity contribution in [2.75, 3.05) is 0 Å². The molecule has 0 aliphatic rings. The normalized spacial score (nSPS) is 13.2. The zero-order chi connectivity index (χ0) is 13.9. The molecule has 3 N–H and O–H groups in total. The SMILES string of the molecule is CC(C)(O)[C@H](N)C(=O)OCc1cc(Cl)nc(Cl)c1. The molecule has 0 aromatic carbocycles. The maximum absolute atomic E-state index is 11.5. The molecule has 0 aliphatic carbocycles. The molecule has 1 rings (SSSR count). The van der Waals surface area contributed by atoms with E-state index in [1.165, 1.54) is 26.0 Å². The maximum atomic E-state index is 11.5. The second kappa shape index (κ2) is 5.84. The fraction of sp³-hybridized carbons (Fsp3) is 0.455. The molecule has 1 heterocycles. The Morgan fingerprint density at radius 2 is 2.00 bits per heavy atom. The number of nitrogens with two attached hydrogens (primary N) is 1. The molecule has 0 spiro atoms. The zero-order valence-electron chi connectivity index (χ0n) is 9.98. The standard InChI is InChI=1S/C11H14Cl2N2O3/c1-11(2,17)9(14)10(16)18-5-6-3-7(12)15-8(13)4-6/h3-4,9,17H,5,14H2,1-2H3/t9-/m1/s1. The minimum absolute atomic E-state index is 0.0371. The minimum atomic E-state index is -1.34. The number of halogens is 2. The van der Waals surface area contributed by atoms with Gasteiger partial charge in [0.25, 0.3) is 0 Å². The van der Waals surface area contributed by atoms with E-state index in [1.54, 1.807) is 0 Å². The Bertz CT molecular complexity index is 426. The molecule has 0 amide bonds. The van der Waals surface area contributed by atoms with Crippen molar-refractivity contribution in [2.45, 2.75) is 32.1 Å². The summed E-state index contributed by atoms with van der Waals surface area (Å²) in [7, 11) is 0. The Hall–Kier alpha value is -0.880. The van der Waals surface area contributed by atoms with Crippen molar-refractivity contribution in [3.8, 4) is 0 Å². The first-order valence-corrected chi connectivity index (χ1v) is 5.92. The predicted molar refractivity (Wildman–Crippen MR) is 68.3 cm³/mol. The summed E-state index contributed by atoms with van der Waals surface area (Å²) >= 11 is 11.4. The monoisotopic (exact) mass is 292 g/mol. The van der Waals surface area contributed by atoms with Crippen LogP contribution >= 0.6 is 23.2 Å². The summed E-state index contributed by atoms with van der Waals surface area (Å²) in [5.74, 6) is -0.702. The highest BCUT2D eigenvalue weighted by atomic mass is 35.5. The van der Waals surface area contributed by atoms with Crippen LogP contribution in [0.4, 0.5) is 0 Å². The van der Waals surface area contributed by atoms with E-state index in [4.69, 9.17) is 33.7 Å². The van der Waals surface area contributed by atoms with Gasteiger partial charge in [-0.05, 0) is 31.5 Å². The number of carbonyl (C=O) groups is 1. The molecule has 0 saturated carbocycles. The number of aromatic nitrogens is 1. The smallest absolute Gasteiger partial charge is 0.326 e. The van der Waals surface area contributed by atoms with Crippen LogP contribution in [0.3, 0.4) is 0 Å². The van der Waals surface area contributed by atoms with Crippen LogP contribution in [0, 0.1) is 0 Å². The molecule has 100 valence electrons. The molecule has 5 nitrogen and oxygen atoms in total. The van der Waals surface area contributed by atoms with E-state index >= 15 is 0 Å². The van der Waals surface area contributed by atoms with E-state index < -0.39 is 17.6 Å². The topological polar surface area (TPSA) is 85.4 Å². The van der Waals surface area contributed by atoms with Crippen molar-refractivity contribution in [1.29, 1.82) is 0 Å². The van der Waals surface area contributed by atoms with E-state index in [-0.39, 0.29) is 16.9 Å². The van der Waals surface area contributed by atoms with Gasteiger partial charge in [0, 0.05) is 0 Å². The van der Waals surface area contributed by atoms with Crippen LogP contribution in [0.2, 0.25) is 10.3 Å². The van der Waals surface area contributed by atoms with Crippen LogP contribution in [-0.2, 0) is 16.1 Å². The highest BCUT2D eigenvalue weighted by molar-refractivity contribution is 6.32. The van der Waals surface area contributed by atoms with Gasteiger partial charge < -0.3 is 15.6 Å². The van der Waals surface area contributed by atoms with Crippen LogP contribution in [0.25, 0.3) is 0 Å². The third-order valence-corrected chi connectivity index (χ3v) is 2.61. The molecule has 0 aliphatic heterocycles. The number of rotatable bonds is 4. The Labute approximate surface area is 115 Å². The number of ether oxygens (including phenoxy) is 1. The zero-order valence-corrected chi connectivity index (χ0v) is 11.5. The van der Waals surface area contributed by atoms with E-state index in [0.29, 0.717) is 5.56 Å². The molecule has 1 atom stereocenters. The molecule has 0 fully saturated rings. The van der Waals surface area contributed by atoms with Crippen LogP contribution in [0.5, 0.6) is 0 Å². The van der Waals surface area contributed by atoms with Gasteiger partial charge in [0.05, 0.1) is 5.60 Å². The summed E-state index contributed by atoms with van der Waals surface area (Å²) < 4.78 is 4.96. The first-order chi connectivity index (χ1) is 8.20. The lowest BCUT2D eigenvalue weighted by Crippen LogP contribution is -2.49. The number of hydrogen-bond acceptors (Lipinski definition) is 5. The second-order valence-corrected chi connectivity index (χ2v) is 5.13. The quantitative estimate of drug-likeness (QED) is 0.649. The van der Waals surface area contributed by atoms with Gasteiger partial charge in [-0.1, -0.05) is 23.2 Å². The fourth-order valence-electron chi connectivity index (χ4n) is 1.13. The molecule has 1 aromatic heterocycles. The summed E-state index contributed by atoms with van der Waals surface area (Å²) in [6, 6.07) is 1.93. The summed E-state index contributed by atoms with van der Waals surface area (Å²) in [4.78, 5) is 15.3. The summed E-state index contributed by atoms with van der Waals surface area (Å²) in [6.07, 6.45) is 0. The van der Waals surface area contributed by atoms with Crippen molar-refractivity contribution >= 4 is 29.2 Å². The van der Waals surface area contributed by atoms with Gasteiger partial charge in [0.1, 0.15) is 23.0 Å². The molecule has 18 heavy (non-hydrogen) atoms. The Morgan fingerprint density at radius 1 is 1.50 bits per heavy atom. The molecule has 0 radical (unpaired) electrons. The average Bonchev–Trinajstić information content (AvgIpc) is 2.22. The number of nitrogens with zero attached hydrogens (tertiary/aromatic N) is 1. The van der Waals surface area contributed by atoms with Crippen molar-refractivity contribution in [1.82, 2.24) is 4.98 Å². The Morgan fingerprint density at radius 3 is 2.44 bits per heavy atom. The van der Waals surface area contributed by atoms with E-state index in [1.807, 2.05) is 0 Å². The van der Waals surface area contributed by atoms with Crippen LogP contribution in [0.15, 0.2) is 12.1 Å². The largest absolute Gasteiger partial charge is 0.460 e. The maximum Gasteiger partial charge on any atom is 0.326 e. The average molecular weight is 293 g/mol. The van der Waals surface area contributed by atoms with Crippen LogP contribution in [0.1, 0.15) is 19.4 Å². The van der Waals surface area contributed by atoms with Gasteiger partial charge in [0.2, 0.25) is 0 Å². The summed E-state index contributed by atoms with van der Waals surface area (Å²) in [5.41, 5.74) is 4.78. The van der Waals surface area contributed by atoms with Gasteiger partial charge in [-0.2, -0.15) is 0 Å². The van der Waals surface area contributed by atoms with Gasteiger partial charge >= 0.3 is 5.97 Å². The number of pyridine rings is 1. The van der Waals surface area contributed by atoms with Crippen molar-refractivity contribution in [3.63, 3.8) is 0 Å². The summed E-state index contributed by atoms with van der Waals surface area (Å²) in [5, 5.41) is 9.98. The van der Waals surface area contributed by atoms with Crippen molar-refractivity contribution < 1.29 is 14.6 Å². The van der Waals surface area contributed by atoms with E-state index in [2.05, 4.69) is 4.98 Å². The summed E-state index contributed by atoms with van der Waals surface area (Å²) in [6.45, 7) is 2.82. The molecular weight excluding hydrogens is 279 g/mol. The third-order valence-electron chi connectivity index (χ3n) is 2.22. The van der Waals surface area contributed by atoms with Crippen molar-refractivity contribution in [3.05, 3.63) is 28.0 Å². The van der Waals surface area contributed by atoms with Gasteiger partial charge in [-0.3, -0.25) is 4.79 Å². The molecular formula is C11H14Cl2N2O3. The first kappa shape index (κ1) is 15.2. The Balaban J connectivity index is 2.63. The predicted octanol–water partition coefficient (Wildman–Crippen LogP) is 1.53. The van der Waals surface area contributed by atoms with Crippen LogP contribution in [-0.4, -0.2) is 27.7 Å². The van der Waals surface area contributed by atoms with Gasteiger partial charge in [0.15, 0.2) is 0 Å². The molecule has 0 bridgehead atoms. The van der Waals surface area contributed by atoms with E-state index in [9.17, 15) is 9.90 Å². The Kier molecular flexibility index (Phi) is 4.92. The van der Waals surface area contributed by atoms with Gasteiger partial charge in [-0.25, -0.2) is 4.98 Å². The number of aliphatic hydroxyl groups is 1. The highest BCUT2D eigenvalue weighted by Crippen LogP contribution is 2.16. The number of esters is 1. The van der Waals surface area contributed by atoms with Gasteiger partial charge in [-0.15, -0.1) is 0 Å². The second-order valence-electron chi connectivity index (χ2n) is 4.36. The highest BCUT2D eigenvalue weighted by Gasteiger charge is 2.30. The fourth-order valence-corrected chi connectivity index (χ4v) is 1.64. The lowest BCUT2D eigenvalue weighted by molar-refractivity contribution is -0.152. The third kappa shape index (κ3) is 4.42. The molecule has 7 heteroatoms. The molecule has 0 unspecified atom stereocenters. The van der Waals surface area contributed by atoms with Crippen molar-refractivity contribution in [2.24, 2.45) is 5.73 Å². The number of carbonyl (C=O) groups excluding carboxylic acids is 1. The first-order valence-electron chi connectivity index (χ1n) is 5.16. The number of hydrogen-bond donors (Lipinski definition) is 2. The lowest BCUT2D eigenvalue weighted by Gasteiger charge is -2.23. The lowest BCUT2D eigenvalue weighted by atomic mass is 10.0. The minimum Gasteiger partial charge on any atom is -0.460 e. The molecule has 0 saturated heterocycles. The van der Waals surface area contributed by atoms with E-state index in [0.717, 1.165) is 0 Å². The van der Waals surface area contributed by atoms with Crippen LogP contribution < -0.4 is 5.73 Å².